The Morgan fingerprint density at radius 1 is 1.00 bits per heavy atom. The molecule has 4 aromatic rings. The monoisotopic (exact) mass is 479 g/mol. The van der Waals surface area contributed by atoms with E-state index in [4.69, 9.17) is 0 Å². The molecule has 1 heterocycles. The molecule has 0 bridgehead atoms. The Hall–Kier alpha value is -3.32. The third kappa shape index (κ3) is 4.72. The number of aromatic nitrogens is 2. The van der Waals surface area contributed by atoms with Crippen molar-refractivity contribution in [3.8, 4) is 0 Å². The number of nitro groups is 1. The maximum absolute atomic E-state index is 12.9. The van der Waals surface area contributed by atoms with E-state index in [9.17, 15) is 14.9 Å². The zero-order valence-corrected chi connectivity index (χ0v) is 18.8. The smallest absolute Gasteiger partial charge is 0.270 e. The number of ketones is 1. The van der Waals surface area contributed by atoms with E-state index in [1.165, 1.54) is 23.3 Å². The van der Waals surface area contributed by atoms with Crippen molar-refractivity contribution in [2.75, 3.05) is 0 Å². The topological polar surface area (TPSA) is 79.9 Å². The highest BCUT2D eigenvalue weighted by atomic mass is 79.9. The van der Waals surface area contributed by atoms with Gasteiger partial charge in [-0.3, -0.25) is 14.9 Å². The van der Waals surface area contributed by atoms with Crippen molar-refractivity contribution in [2.45, 2.75) is 26.8 Å². The first-order valence-electron chi connectivity index (χ1n) is 9.75. The molecule has 0 aliphatic heterocycles. The summed E-state index contributed by atoms with van der Waals surface area (Å²) in [6.07, 6.45) is 0.126. The van der Waals surface area contributed by atoms with Crippen LogP contribution in [-0.4, -0.2) is 15.7 Å². The van der Waals surface area contributed by atoms with Crippen LogP contribution in [0.2, 0.25) is 0 Å². The van der Waals surface area contributed by atoms with Crippen LogP contribution < -0.4 is 21.5 Å². The molecular formula is C24H22BrN3O3. The molecule has 0 radical (unpaired) electrons. The van der Waals surface area contributed by atoms with E-state index in [2.05, 4.69) is 47.7 Å². The quantitative estimate of drug-likeness (QED) is 0.197. The molecule has 31 heavy (non-hydrogen) atoms. The molecule has 0 aliphatic rings. The van der Waals surface area contributed by atoms with Gasteiger partial charge in [0.15, 0.2) is 16.8 Å². The number of hydrogen-bond acceptors (Lipinski definition) is 3. The standard InChI is InChI=1S/C24H21N3O3.BrH/c1-16-11-21-22(12-17(16)2)26(15-18-7-4-3-5-8-18)24(25-21)14-23(28)19-9-6-10-20(13-19)27(29)30;/h3-13H,14-15H2,1-2H3;1H. The second-order valence-electron chi connectivity index (χ2n) is 7.50. The van der Waals surface area contributed by atoms with Crippen molar-refractivity contribution >= 4 is 22.5 Å². The van der Waals surface area contributed by atoms with Crippen molar-refractivity contribution in [3.05, 3.63) is 105 Å². The second kappa shape index (κ2) is 9.22. The van der Waals surface area contributed by atoms with Crippen LogP contribution in [0.3, 0.4) is 0 Å². The highest BCUT2D eigenvalue weighted by Crippen LogP contribution is 2.19. The second-order valence-corrected chi connectivity index (χ2v) is 7.50. The van der Waals surface area contributed by atoms with Crippen LogP contribution in [0.4, 0.5) is 5.69 Å². The molecule has 4 rings (SSSR count). The van der Waals surface area contributed by atoms with Crippen molar-refractivity contribution in [2.24, 2.45) is 0 Å². The average molecular weight is 480 g/mol. The summed E-state index contributed by atoms with van der Waals surface area (Å²) in [5.74, 6) is 0.607. The van der Waals surface area contributed by atoms with Gasteiger partial charge < -0.3 is 17.0 Å². The molecule has 0 saturated heterocycles. The SMILES string of the molecule is Cc1cc2[nH]c(CC(=O)c3cccc([N+](=O)[O-])c3)[n+](Cc3ccccc3)c2cc1C.[Br-]. The van der Waals surface area contributed by atoms with Gasteiger partial charge in [-0.05, 0) is 42.7 Å². The molecule has 3 aromatic carbocycles. The molecule has 0 spiro atoms. The van der Waals surface area contributed by atoms with E-state index >= 15 is 0 Å². The summed E-state index contributed by atoms with van der Waals surface area (Å²) < 4.78 is 2.12. The van der Waals surface area contributed by atoms with E-state index < -0.39 is 4.92 Å². The zero-order chi connectivity index (χ0) is 21.3. The first-order chi connectivity index (χ1) is 14.4. The Labute approximate surface area is 190 Å². The number of rotatable bonds is 6. The number of halogens is 1. The fourth-order valence-corrected chi connectivity index (χ4v) is 3.63. The van der Waals surface area contributed by atoms with Crippen LogP contribution in [-0.2, 0) is 13.0 Å². The lowest BCUT2D eigenvalue weighted by Gasteiger charge is -2.04. The van der Waals surface area contributed by atoms with Gasteiger partial charge in [-0.25, -0.2) is 9.55 Å². The number of nitrogens with zero attached hydrogens (tertiary/aromatic N) is 2. The Balaban J connectivity index is 0.00000272. The molecule has 1 N–H and O–H groups in total. The molecule has 0 aliphatic carbocycles. The van der Waals surface area contributed by atoms with Crippen LogP contribution >= 0.6 is 0 Å². The van der Waals surface area contributed by atoms with Gasteiger partial charge in [-0.15, -0.1) is 0 Å². The van der Waals surface area contributed by atoms with Gasteiger partial charge in [0.25, 0.3) is 11.5 Å². The van der Waals surface area contributed by atoms with E-state index in [0.29, 0.717) is 12.1 Å². The fraction of sp³-hybridized carbons (Fsp3) is 0.167. The number of hydrogen-bond donors (Lipinski definition) is 1. The molecular weight excluding hydrogens is 458 g/mol. The van der Waals surface area contributed by atoms with Crippen LogP contribution in [0.25, 0.3) is 11.0 Å². The van der Waals surface area contributed by atoms with Crippen molar-refractivity contribution < 1.29 is 31.3 Å². The maximum Gasteiger partial charge on any atom is 0.270 e. The van der Waals surface area contributed by atoms with E-state index in [1.807, 2.05) is 18.2 Å². The molecule has 158 valence electrons. The maximum atomic E-state index is 12.9. The summed E-state index contributed by atoms with van der Waals surface area (Å²) in [5.41, 5.74) is 5.74. The first-order valence-corrected chi connectivity index (χ1v) is 9.75. The molecule has 0 amide bonds. The Kier molecular flexibility index (Phi) is 6.65. The summed E-state index contributed by atoms with van der Waals surface area (Å²) in [6, 6.07) is 20.2. The predicted octanol–water partition coefficient (Wildman–Crippen LogP) is 1.46. The molecule has 0 unspecified atom stereocenters. The van der Waals surface area contributed by atoms with E-state index in [1.54, 1.807) is 12.1 Å². The third-order valence-electron chi connectivity index (χ3n) is 5.40. The van der Waals surface area contributed by atoms with Gasteiger partial charge in [-0.2, -0.15) is 0 Å². The molecule has 7 heteroatoms. The van der Waals surface area contributed by atoms with Gasteiger partial charge in [-0.1, -0.05) is 42.5 Å². The van der Waals surface area contributed by atoms with E-state index in [-0.39, 0.29) is 34.9 Å². The average Bonchev–Trinajstić information content (AvgIpc) is 3.05. The van der Waals surface area contributed by atoms with Gasteiger partial charge in [0.1, 0.15) is 13.0 Å². The molecule has 1 aromatic heterocycles. The van der Waals surface area contributed by atoms with Crippen LogP contribution in [0.1, 0.15) is 32.9 Å². The number of aryl methyl sites for hydroxylation is 2. The number of H-pyrrole nitrogens is 1. The molecule has 0 fully saturated rings. The minimum Gasteiger partial charge on any atom is -1.00 e. The van der Waals surface area contributed by atoms with Crippen LogP contribution in [0, 0.1) is 24.0 Å². The molecule has 0 atom stereocenters. The normalized spacial score (nSPS) is 10.6. The summed E-state index contributed by atoms with van der Waals surface area (Å²) in [7, 11) is 0. The fourth-order valence-electron chi connectivity index (χ4n) is 3.63. The lowest BCUT2D eigenvalue weighted by Crippen LogP contribution is -3.00. The number of imidazole rings is 1. The van der Waals surface area contributed by atoms with Crippen molar-refractivity contribution in [1.29, 1.82) is 0 Å². The zero-order valence-electron chi connectivity index (χ0n) is 17.3. The van der Waals surface area contributed by atoms with Gasteiger partial charge in [0.05, 0.1) is 4.92 Å². The van der Waals surface area contributed by atoms with Gasteiger partial charge >= 0.3 is 0 Å². The largest absolute Gasteiger partial charge is 1.00 e. The number of carbonyl (C=O) groups is 1. The number of nitro benzene ring substituents is 1. The number of fused-ring (bicyclic) bond motifs is 1. The lowest BCUT2D eigenvalue weighted by atomic mass is 10.1. The summed E-state index contributed by atoms with van der Waals surface area (Å²) in [4.78, 5) is 26.9. The predicted molar refractivity (Wildman–Crippen MR) is 115 cm³/mol. The minimum absolute atomic E-state index is 0. The van der Waals surface area contributed by atoms with Crippen LogP contribution in [0.5, 0.6) is 0 Å². The number of non-ortho nitro benzene ring substituents is 1. The number of nitrogens with one attached hydrogen (secondary N) is 1. The summed E-state index contributed by atoms with van der Waals surface area (Å²) in [6.45, 7) is 4.76. The lowest BCUT2D eigenvalue weighted by molar-refractivity contribution is -0.669. The Bertz CT molecular complexity index is 1270. The molecule has 0 saturated carbocycles. The van der Waals surface area contributed by atoms with Crippen molar-refractivity contribution in [1.82, 2.24) is 4.98 Å². The molecule has 6 nitrogen and oxygen atoms in total. The van der Waals surface area contributed by atoms with Crippen molar-refractivity contribution in [3.63, 3.8) is 0 Å². The number of aromatic amines is 1. The number of Topliss-reactive ketones (excluding diaryl/α,β-unsaturated/α-hetero) is 1. The van der Waals surface area contributed by atoms with Gasteiger partial charge in [0.2, 0.25) is 0 Å². The van der Waals surface area contributed by atoms with Gasteiger partial charge in [0, 0.05) is 17.7 Å². The summed E-state index contributed by atoms with van der Waals surface area (Å²) >= 11 is 0. The van der Waals surface area contributed by atoms with E-state index in [0.717, 1.165) is 22.4 Å². The first kappa shape index (κ1) is 22.4. The Morgan fingerprint density at radius 2 is 1.71 bits per heavy atom. The number of carbonyl (C=O) groups excluding carboxylic acids is 1. The Morgan fingerprint density at radius 3 is 2.42 bits per heavy atom. The third-order valence-corrected chi connectivity index (χ3v) is 5.40. The minimum atomic E-state index is -0.485. The highest BCUT2D eigenvalue weighted by Gasteiger charge is 2.23. The summed E-state index contributed by atoms with van der Waals surface area (Å²) in [5, 5.41) is 11.1. The van der Waals surface area contributed by atoms with Crippen LogP contribution in [0.15, 0.2) is 66.7 Å². The number of benzene rings is 3. The highest BCUT2D eigenvalue weighted by molar-refractivity contribution is 5.97.